The highest BCUT2D eigenvalue weighted by molar-refractivity contribution is 6.23. The Hall–Kier alpha value is -9.76. The molecule has 1 aliphatic rings. The number of para-hydroxylation sites is 4. The van der Waals surface area contributed by atoms with Crippen molar-refractivity contribution in [3.05, 3.63) is 314 Å². The molecular formula is C80H72N2. The molecule has 0 fully saturated rings. The molecular weight excluding hydrogens is 989 g/mol. The van der Waals surface area contributed by atoms with Gasteiger partial charge in [-0.1, -0.05) is 260 Å². The third-order valence-corrected chi connectivity index (χ3v) is 14.8. The van der Waals surface area contributed by atoms with Gasteiger partial charge in [0.05, 0.1) is 0 Å². The summed E-state index contributed by atoms with van der Waals surface area (Å²) in [6, 6.07) is 96.8. The zero-order valence-electron chi connectivity index (χ0n) is 48.1. The molecule has 0 N–H and O–H groups in total. The monoisotopic (exact) mass is 1060 g/mol. The molecule has 0 spiro atoms. The van der Waals surface area contributed by atoms with Crippen molar-refractivity contribution >= 4 is 89.8 Å². The third kappa shape index (κ3) is 12.2. The van der Waals surface area contributed by atoms with E-state index in [0.717, 1.165) is 46.0 Å². The molecule has 0 radical (unpaired) electrons. The van der Waals surface area contributed by atoms with Crippen molar-refractivity contribution in [3.8, 4) is 22.3 Å². The molecule has 0 bridgehead atoms. The maximum absolute atomic E-state index is 2.42. The maximum Gasteiger partial charge on any atom is 0.0462 e. The van der Waals surface area contributed by atoms with Gasteiger partial charge in [-0.25, -0.2) is 0 Å². The van der Waals surface area contributed by atoms with E-state index in [4.69, 9.17) is 0 Å². The van der Waals surface area contributed by atoms with Gasteiger partial charge < -0.3 is 9.80 Å². The molecule has 82 heavy (non-hydrogen) atoms. The summed E-state index contributed by atoms with van der Waals surface area (Å²) >= 11 is 0. The van der Waals surface area contributed by atoms with Crippen LogP contribution in [0.2, 0.25) is 0 Å². The molecule has 402 valence electrons. The zero-order chi connectivity index (χ0) is 56.6. The summed E-state index contributed by atoms with van der Waals surface area (Å²) in [5.74, 6) is 0.263. The van der Waals surface area contributed by atoms with Crippen LogP contribution >= 0.6 is 0 Å². The van der Waals surface area contributed by atoms with Crippen LogP contribution in [-0.2, 0) is 0 Å². The lowest BCUT2D eigenvalue weighted by atomic mass is 9.83. The van der Waals surface area contributed by atoms with Crippen LogP contribution in [0.4, 0.5) is 28.4 Å². The van der Waals surface area contributed by atoms with Crippen molar-refractivity contribution in [2.75, 3.05) is 9.80 Å². The first-order valence-corrected chi connectivity index (χ1v) is 29.3. The second-order valence-electron chi connectivity index (χ2n) is 19.7. The number of hydrogen-bond acceptors (Lipinski definition) is 2. The fourth-order valence-corrected chi connectivity index (χ4v) is 11.1. The number of nitrogens with zero attached hydrogens (tertiary/aromatic N) is 2. The topological polar surface area (TPSA) is 6.48 Å². The van der Waals surface area contributed by atoms with Crippen molar-refractivity contribution in [2.24, 2.45) is 5.92 Å². The van der Waals surface area contributed by atoms with E-state index in [1.807, 2.05) is 41.5 Å². The van der Waals surface area contributed by atoms with Crippen LogP contribution < -0.4 is 9.80 Å². The molecule has 12 aromatic rings. The highest BCUT2D eigenvalue weighted by Gasteiger charge is 2.21. The molecule has 0 heterocycles. The van der Waals surface area contributed by atoms with Gasteiger partial charge >= 0.3 is 0 Å². The summed E-state index contributed by atoms with van der Waals surface area (Å²) in [4.78, 5) is 4.64. The van der Waals surface area contributed by atoms with Crippen molar-refractivity contribution < 1.29 is 0 Å². The Labute approximate surface area is 486 Å². The minimum atomic E-state index is 0.263. The Morgan fingerprint density at radius 3 is 1.13 bits per heavy atom. The van der Waals surface area contributed by atoms with Gasteiger partial charge in [0, 0.05) is 34.1 Å². The highest BCUT2D eigenvalue weighted by Crippen LogP contribution is 2.47. The largest absolute Gasteiger partial charge is 0.311 e. The summed E-state index contributed by atoms with van der Waals surface area (Å²) in [6.07, 6.45) is 17.1. The van der Waals surface area contributed by atoms with Gasteiger partial charge in [-0.05, 0) is 185 Å². The average Bonchev–Trinajstić information content (AvgIpc) is 2.82. The van der Waals surface area contributed by atoms with Gasteiger partial charge in [-0.15, -0.1) is 0 Å². The van der Waals surface area contributed by atoms with Crippen LogP contribution in [0.1, 0.15) is 64.7 Å². The van der Waals surface area contributed by atoms with E-state index in [1.54, 1.807) is 0 Å². The van der Waals surface area contributed by atoms with Crippen LogP contribution in [-0.4, -0.2) is 0 Å². The minimum absolute atomic E-state index is 0.263. The van der Waals surface area contributed by atoms with E-state index in [0.29, 0.717) is 0 Å². The molecule has 0 saturated carbocycles. The summed E-state index contributed by atoms with van der Waals surface area (Å²) in [5, 5.41) is 9.84. The molecule has 13 rings (SSSR count). The second kappa shape index (κ2) is 26.9. The Morgan fingerprint density at radius 2 is 0.695 bits per heavy atom. The first kappa shape index (κ1) is 55.6. The minimum Gasteiger partial charge on any atom is -0.311 e. The first-order valence-electron chi connectivity index (χ1n) is 29.3. The molecule has 0 aromatic heterocycles. The second-order valence-corrected chi connectivity index (χ2v) is 19.7. The molecule has 2 heteroatoms. The average molecular weight is 1060 g/mol. The molecule has 1 aliphatic carbocycles. The van der Waals surface area contributed by atoms with E-state index in [9.17, 15) is 0 Å². The SMILES string of the molecule is C1=CC(/C=C/c2ccc3c(-c4ccc5ccccc5c4)c(-c4ccc5ccccc5c4)c4ccc(/C=C/c5ccc(N(c6ccccc6)c6ccccc6)cc5)cc4c3c2)CC=C1N(c1ccccc1)c1ccccc1.CC.CC.CC. The summed E-state index contributed by atoms with van der Waals surface area (Å²) in [5.41, 5.74) is 15.2. The van der Waals surface area contributed by atoms with E-state index in [2.05, 4.69) is 319 Å². The van der Waals surface area contributed by atoms with Crippen LogP contribution in [0.3, 0.4) is 0 Å². The van der Waals surface area contributed by atoms with Gasteiger partial charge in [-0.3, -0.25) is 0 Å². The Balaban J connectivity index is 0.00000122. The number of anilines is 5. The maximum atomic E-state index is 2.42. The Morgan fingerprint density at radius 1 is 0.317 bits per heavy atom. The fourth-order valence-electron chi connectivity index (χ4n) is 11.1. The van der Waals surface area contributed by atoms with E-state index >= 15 is 0 Å². The lowest BCUT2D eigenvalue weighted by Gasteiger charge is -2.28. The van der Waals surface area contributed by atoms with Crippen LogP contribution in [0.5, 0.6) is 0 Å². The molecule has 0 saturated heterocycles. The van der Waals surface area contributed by atoms with Crippen molar-refractivity contribution in [3.63, 3.8) is 0 Å². The number of benzene rings is 12. The molecule has 0 amide bonds. The zero-order valence-corrected chi connectivity index (χ0v) is 48.1. The van der Waals surface area contributed by atoms with Gasteiger partial charge in [0.1, 0.15) is 0 Å². The Kier molecular flexibility index (Phi) is 18.2. The molecule has 2 nitrogen and oxygen atoms in total. The van der Waals surface area contributed by atoms with Crippen molar-refractivity contribution in [2.45, 2.75) is 48.0 Å². The van der Waals surface area contributed by atoms with Crippen LogP contribution in [0, 0.1) is 5.92 Å². The molecule has 12 aromatic carbocycles. The fraction of sp³-hybridized carbons (Fsp3) is 0.100. The predicted molar refractivity (Wildman–Crippen MR) is 361 cm³/mol. The van der Waals surface area contributed by atoms with Gasteiger partial charge in [0.15, 0.2) is 0 Å². The van der Waals surface area contributed by atoms with Crippen molar-refractivity contribution in [1.82, 2.24) is 0 Å². The van der Waals surface area contributed by atoms with Crippen LogP contribution in [0.15, 0.2) is 297 Å². The lowest BCUT2D eigenvalue weighted by Crippen LogP contribution is -2.17. The number of rotatable bonds is 12. The summed E-state index contributed by atoms with van der Waals surface area (Å²) in [6.45, 7) is 12.0. The number of fused-ring (bicyclic) bond motifs is 5. The van der Waals surface area contributed by atoms with Gasteiger partial charge in [0.2, 0.25) is 0 Å². The molecule has 0 aliphatic heterocycles. The standard InChI is InChI=1S/C74H54N2.3C2H6/c1-5-21-63(22-6-1)75(64-23-7-2-8-24-64)67-43-33-53(34-44-67)29-31-55-37-47-69-71(49-55)72-50-56(32-30-54-35-45-68(46-36-54)76(65-25-9-3-10-26-65)66-27-11-4-12-28-66)38-48-70(72)74(62-42-40-58-18-14-16-20-60(58)52-62)73(69)61-41-39-57-17-13-15-19-59(57)51-61;3*1-2/h1-35,37-52,54H,36H2;3*1-2H3/b31-29+,32-30+;;;. The van der Waals surface area contributed by atoms with E-state index in [1.165, 1.54) is 76.6 Å². The van der Waals surface area contributed by atoms with Gasteiger partial charge in [0.25, 0.3) is 0 Å². The normalized spacial score (nSPS) is 12.8. The summed E-state index contributed by atoms with van der Waals surface area (Å²) < 4.78 is 0. The van der Waals surface area contributed by atoms with E-state index in [-0.39, 0.29) is 5.92 Å². The quantitative estimate of drug-likeness (QED) is 0.0889. The van der Waals surface area contributed by atoms with E-state index < -0.39 is 0 Å². The smallest absolute Gasteiger partial charge is 0.0462 e. The number of allylic oxidation sites excluding steroid dienone is 4. The highest BCUT2D eigenvalue weighted by atomic mass is 15.1. The third-order valence-electron chi connectivity index (χ3n) is 14.8. The summed E-state index contributed by atoms with van der Waals surface area (Å²) in [7, 11) is 0. The molecule has 1 unspecified atom stereocenters. The number of hydrogen-bond donors (Lipinski definition) is 0. The van der Waals surface area contributed by atoms with Crippen molar-refractivity contribution in [1.29, 1.82) is 0 Å². The Bertz CT molecular complexity index is 4090. The molecule has 1 atom stereocenters. The van der Waals surface area contributed by atoms with Crippen LogP contribution in [0.25, 0.3) is 83.6 Å². The predicted octanol–water partition coefficient (Wildman–Crippen LogP) is 23.7. The lowest BCUT2D eigenvalue weighted by molar-refractivity contribution is 0.813. The first-order chi connectivity index (χ1) is 40.7. The van der Waals surface area contributed by atoms with Gasteiger partial charge in [-0.2, -0.15) is 0 Å².